The number of hydrogen-bond donors (Lipinski definition) is 1. The van der Waals surface area contributed by atoms with E-state index in [1.54, 1.807) is 17.9 Å². The van der Waals surface area contributed by atoms with Crippen LogP contribution >= 0.6 is 0 Å². The van der Waals surface area contributed by atoms with Crippen LogP contribution in [0.2, 0.25) is 0 Å². The molecule has 0 bridgehead atoms. The molecule has 21 heavy (non-hydrogen) atoms. The third-order valence-corrected chi connectivity index (χ3v) is 4.00. The minimum atomic E-state index is -1.08. The van der Waals surface area contributed by atoms with Gasteiger partial charge in [-0.3, -0.25) is 10.1 Å². The van der Waals surface area contributed by atoms with Gasteiger partial charge in [0.05, 0.1) is 4.92 Å². The molecule has 0 saturated carbocycles. The molecule has 1 unspecified atom stereocenters. The van der Waals surface area contributed by atoms with E-state index in [0.29, 0.717) is 37.9 Å². The molecule has 114 valence electrons. The number of pyridine rings is 1. The first-order valence-corrected chi connectivity index (χ1v) is 7.05. The predicted molar refractivity (Wildman–Crippen MR) is 77.5 cm³/mol. The maximum atomic E-state index is 11.8. The third kappa shape index (κ3) is 2.55. The van der Waals surface area contributed by atoms with Crippen LogP contribution < -0.4 is 4.90 Å². The van der Waals surface area contributed by atoms with Crippen LogP contribution in [0.15, 0.2) is 12.1 Å². The van der Waals surface area contributed by atoms with E-state index in [-0.39, 0.29) is 11.5 Å². The number of carboxylic acid groups (broad SMARTS) is 1. The molecule has 7 heteroatoms. The van der Waals surface area contributed by atoms with Gasteiger partial charge in [0.25, 0.3) is 0 Å². The molecule has 1 aliphatic heterocycles. The Morgan fingerprint density at radius 2 is 2.29 bits per heavy atom. The zero-order valence-corrected chi connectivity index (χ0v) is 12.2. The van der Waals surface area contributed by atoms with Crippen molar-refractivity contribution in [3.05, 3.63) is 27.9 Å². The Morgan fingerprint density at radius 3 is 2.86 bits per heavy atom. The first-order chi connectivity index (χ1) is 9.92. The lowest BCUT2D eigenvalue weighted by Crippen LogP contribution is -2.51. The molecule has 1 atom stereocenters. The minimum Gasteiger partial charge on any atom is -0.479 e. The lowest BCUT2D eigenvalue weighted by molar-refractivity contribution is -0.384. The van der Waals surface area contributed by atoms with E-state index in [2.05, 4.69) is 4.98 Å². The smallest absolute Gasteiger partial charge is 0.329 e. The molecule has 0 aromatic carbocycles. The van der Waals surface area contributed by atoms with Crippen molar-refractivity contribution in [3.63, 3.8) is 0 Å². The molecule has 1 saturated heterocycles. The van der Waals surface area contributed by atoms with Crippen LogP contribution in [-0.2, 0) is 4.79 Å². The topological polar surface area (TPSA) is 96.6 Å². The van der Waals surface area contributed by atoms with E-state index < -0.39 is 16.4 Å². The summed E-state index contributed by atoms with van der Waals surface area (Å²) in [5, 5.41) is 20.9. The summed E-state index contributed by atoms with van der Waals surface area (Å²) in [6, 6.07) is 2.97. The van der Waals surface area contributed by atoms with Crippen molar-refractivity contribution < 1.29 is 14.8 Å². The van der Waals surface area contributed by atoms with E-state index in [1.165, 1.54) is 6.07 Å². The monoisotopic (exact) mass is 293 g/mol. The fourth-order valence-electron chi connectivity index (χ4n) is 3.07. The van der Waals surface area contributed by atoms with Gasteiger partial charge in [0.1, 0.15) is 5.54 Å². The number of aromatic nitrogens is 1. The first kappa shape index (κ1) is 15.2. The molecule has 0 aliphatic carbocycles. The van der Waals surface area contributed by atoms with E-state index in [1.807, 2.05) is 6.92 Å². The second kappa shape index (κ2) is 5.67. The number of carbonyl (C=O) groups is 1. The molecule has 1 N–H and O–H groups in total. The van der Waals surface area contributed by atoms with Gasteiger partial charge in [-0.1, -0.05) is 13.3 Å². The molecule has 0 radical (unpaired) electrons. The number of nitrogens with zero attached hydrogens (tertiary/aromatic N) is 3. The quantitative estimate of drug-likeness (QED) is 0.662. The van der Waals surface area contributed by atoms with E-state index in [9.17, 15) is 20.0 Å². The van der Waals surface area contributed by atoms with Gasteiger partial charge in [-0.2, -0.15) is 0 Å². The van der Waals surface area contributed by atoms with Crippen molar-refractivity contribution in [2.75, 3.05) is 11.4 Å². The van der Waals surface area contributed by atoms with Gasteiger partial charge >= 0.3 is 11.7 Å². The molecule has 1 fully saturated rings. The highest BCUT2D eigenvalue weighted by atomic mass is 16.6. The Morgan fingerprint density at radius 1 is 1.57 bits per heavy atom. The summed E-state index contributed by atoms with van der Waals surface area (Å²) in [5.74, 6) is -0.757. The number of hydrogen-bond acceptors (Lipinski definition) is 5. The fourth-order valence-corrected chi connectivity index (χ4v) is 3.07. The molecule has 1 aromatic heterocycles. The summed E-state index contributed by atoms with van der Waals surface area (Å²) in [6.07, 6.45) is 2.33. The normalized spacial score (nSPS) is 21.5. The summed E-state index contributed by atoms with van der Waals surface area (Å²) in [5.41, 5.74) is -0.581. The Hall–Kier alpha value is -2.18. The van der Waals surface area contributed by atoms with E-state index >= 15 is 0 Å². The lowest BCUT2D eigenvalue weighted by atomic mass is 9.90. The second-order valence-electron chi connectivity index (χ2n) is 5.39. The van der Waals surface area contributed by atoms with E-state index in [0.717, 1.165) is 0 Å². The number of carboxylic acids is 1. The van der Waals surface area contributed by atoms with Crippen LogP contribution in [0.4, 0.5) is 11.5 Å². The average Bonchev–Trinajstić information content (AvgIpc) is 2.83. The lowest BCUT2D eigenvalue weighted by Gasteiger charge is -2.35. The van der Waals surface area contributed by atoms with Gasteiger partial charge in [0, 0.05) is 18.3 Å². The zero-order chi connectivity index (χ0) is 15.6. The van der Waals surface area contributed by atoms with Gasteiger partial charge < -0.3 is 10.0 Å². The molecule has 2 rings (SSSR count). The highest BCUT2D eigenvalue weighted by molar-refractivity contribution is 5.85. The van der Waals surface area contributed by atoms with Gasteiger partial charge in [-0.15, -0.1) is 0 Å². The summed E-state index contributed by atoms with van der Waals surface area (Å²) in [7, 11) is 0. The summed E-state index contributed by atoms with van der Waals surface area (Å²) in [6.45, 7) is 4.13. The van der Waals surface area contributed by atoms with Gasteiger partial charge in [0.15, 0.2) is 0 Å². The van der Waals surface area contributed by atoms with Gasteiger partial charge in [-0.05, 0) is 32.3 Å². The van der Waals surface area contributed by atoms with Gasteiger partial charge in [0.2, 0.25) is 5.82 Å². The fraction of sp³-hybridized carbons (Fsp3) is 0.571. The zero-order valence-electron chi connectivity index (χ0n) is 12.2. The summed E-state index contributed by atoms with van der Waals surface area (Å²) >= 11 is 0. The number of anilines is 1. The second-order valence-corrected chi connectivity index (χ2v) is 5.39. The molecular formula is C14H19N3O4. The number of aliphatic carboxylic acids is 1. The van der Waals surface area contributed by atoms with Gasteiger partial charge in [-0.25, -0.2) is 9.78 Å². The van der Waals surface area contributed by atoms with Crippen LogP contribution in [0.5, 0.6) is 0 Å². The highest BCUT2D eigenvalue weighted by Crippen LogP contribution is 2.40. The van der Waals surface area contributed by atoms with Crippen molar-refractivity contribution in [1.82, 2.24) is 4.98 Å². The van der Waals surface area contributed by atoms with Crippen molar-refractivity contribution >= 4 is 17.5 Å². The summed E-state index contributed by atoms with van der Waals surface area (Å²) in [4.78, 5) is 28.4. The molecule has 1 aromatic rings. The predicted octanol–water partition coefficient (Wildman–Crippen LogP) is 2.52. The largest absolute Gasteiger partial charge is 0.479 e. The molecule has 2 heterocycles. The Bertz CT molecular complexity index is 575. The molecule has 7 nitrogen and oxygen atoms in total. The average molecular weight is 293 g/mol. The number of aryl methyl sites for hydroxylation is 1. The van der Waals surface area contributed by atoms with Crippen molar-refractivity contribution in [2.45, 2.75) is 45.1 Å². The summed E-state index contributed by atoms with van der Waals surface area (Å²) < 4.78 is 0. The molecule has 0 spiro atoms. The SMILES string of the molecule is CCCC1(C(=O)O)CCCN1c1nc(C)ccc1[N+](=O)[O-]. The number of nitro groups is 1. The molecule has 0 amide bonds. The van der Waals surface area contributed by atoms with Crippen molar-refractivity contribution in [2.24, 2.45) is 0 Å². The molecule has 1 aliphatic rings. The van der Waals surface area contributed by atoms with Crippen LogP contribution in [0.3, 0.4) is 0 Å². The maximum absolute atomic E-state index is 11.8. The van der Waals surface area contributed by atoms with Crippen LogP contribution in [0, 0.1) is 17.0 Å². The van der Waals surface area contributed by atoms with Crippen LogP contribution in [0.25, 0.3) is 0 Å². The standard InChI is InChI=1S/C14H19N3O4/c1-3-7-14(13(18)19)8-4-9-16(14)12-11(17(20)21)6-5-10(2)15-12/h5-6H,3-4,7-9H2,1-2H3,(H,18,19). The third-order valence-electron chi connectivity index (χ3n) is 4.00. The minimum absolute atomic E-state index is 0.135. The van der Waals surface area contributed by atoms with Crippen LogP contribution in [-0.4, -0.2) is 33.1 Å². The Labute approximate surface area is 122 Å². The van der Waals surface area contributed by atoms with Crippen molar-refractivity contribution in [3.8, 4) is 0 Å². The number of rotatable bonds is 5. The van der Waals surface area contributed by atoms with E-state index in [4.69, 9.17) is 0 Å². The Kier molecular flexibility index (Phi) is 4.11. The van der Waals surface area contributed by atoms with Crippen molar-refractivity contribution in [1.29, 1.82) is 0 Å². The van der Waals surface area contributed by atoms with Crippen LogP contribution in [0.1, 0.15) is 38.3 Å². The Balaban J connectivity index is 2.56. The molecular weight excluding hydrogens is 274 g/mol. The maximum Gasteiger partial charge on any atom is 0.329 e. The first-order valence-electron chi connectivity index (χ1n) is 7.05. The highest BCUT2D eigenvalue weighted by Gasteiger charge is 2.49.